The van der Waals surface area contributed by atoms with Gasteiger partial charge in [-0.15, -0.1) is 0 Å². The number of nitriles is 1. The first-order valence-electron chi connectivity index (χ1n) is 6.90. The third-order valence-electron chi connectivity index (χ3n) is 3.15. The lowest BCUT2D eigenvalue weighted by molar-refractivity contribution is -0.689. The number of ether oxygens (including phenoxy) is 1. The Morgan fingerprint density at radius 3 is 2.55 bits per heavy atom. The molecule has 4 heteroatoms. The summed E-state index contributed by atoms with van der Waals surface area (Å²) < 4.78 is 7.73. The molecule has 0 amide bonds. The molecule has 22 heavy (non-hydrogen) atoms. The highest BCUT2D eigenvalue weighted by molar-refractivity contribution is 5.35. The lowest BCUT2D eigenvalue weighted by Gasteiger charge is -2.03. The summed E-state index contributed by atoms with van der Waals surface area (Å²) in [6.07, 6.45) is 5.46. The molecule has 106 valence electrons. The molecule has 0 fully saturated rings. The zero-order valence-corrected chi connectivity index (χ0v) is 11.9. The number of hydrogen-bond donors (Lipinski definition) is 0. The van der Waals surface area contributed by atoms with Crippen molar-refractivity contribution in [3.05, 3.63) is 84.3 Å². The molecule has 3 rings (SSSR count). The fourth-order valence-electron chi connectivity index (χ4n) is 2.07. The molecule has 0 unspecified atom stereocenters. The van der Waals surface area contributed by atoms with Crippen LogP contribution < -0.4 is 9.30 Å². The molecule has 0 spiro atoms. The molecule has 1 aromatic heterocycles. The van der Waals surface area contributed by atoms with E-state index < -0.39 is 0 Å². The largest absolute Gasteiger partial charge is 0.434 e. The third kappa shape index (κ3) is 3.47. The average Bonchev–Trinajstić information content (AvgIpc) is 2.57. The lowest BCUT2D eigenvalue weighted by Crippen LogP contribution is -2.33. The van der Waals surface area contributed by atoms with E-state index in [9.17, 15) is 0 Å². The van der Waals surface area contributed by atoms with Gasteiger partial charge in [0.2, 0.25) is 6.20 Å². The Morgan fingerprint density at radius 1 is 1.05 bits per heavy atom. The first-order valence-corrected chi connectivity index (χ1v) is 6.90. The normalized spacial score (nSPS) is 9.95. The average molecular weight is 288 g/mol. The van der Waals surface area contributed by atoms with Gasteiger partial charge >= 0.3 is 0 Å². The fraction of sp³-hybridized carbons (Fsp3) is 0.0556. The van der Waals surface area contributed by atoms with E-state index in [1.54, 1.807) is 30.5 Å². The molecule has 0 aliphatic heterocycles. The molecule has 1 heterocycles. The van der Waals surface area contributed by atoms with Crippen molar-refractivity contribution in [1.29, 1.82) is 5.26 Å². The standard InChI is InChI=1S/C18H14N3O/c19-12-15-6-8-17(9-7-15)22-18-14-21(11-10-20-18)13-16-4-2-1-3-5-16/h1-11,14H,13H2/q+1. The van der Waals surface area contributed by atoms with E-state index in [4.69, 9.17) is 10.00 Å². The van der Waals surface area contributed by atoms with Gasteiger partial charge in [-0.1, -0.05) is 30.3 Å². The maximum Gasteiger partial charge on any atom is 0.285 e. The third-order valence-corrected chi connectivity index (χ3v) is 3.15. The summed E-state index contributed by atoms with van der Waals surface area (Å²) >= 11 is 0. The summed E-state index contributed by atoms with van der Waals surface area (Å²) in [5.74, 6) is 1.17. The maximum absolute atomic E-state index is 8.79. The molecule has 0 saturated carbocycles. The summed E-state index contributed by atoms with van der Waals surface area (Å²) in [6.45, 7) is 0.757. The van der Waals surface area contributed by atoms with Gasteiger partial charge in [0.15, 0.2) is 12.7 Å². The molecule has 0 N–H and O–H groups in total. The molecule has 0 bridgehead atoms. The van der Waals surface area contributed by atoms with Crippen molar-refractivity contribution in [3.8, 4) is 17.7 Å². The molecule has 4 nitrogen and oxygen atoms in total. The van der Waals surface area contributed by atoms with Crippen LogP contribution in [0.3, 0.4) is 0 Å². The van der Waals surface area contributed by atoms with Crippen molar-refractivity contribution >= 4 is 0 Å². The van der Waals surface area contributed by atoms with Crippen LogP contribution in [0.2, 0.25) is 0 Å². The number of rotatable bonds is 4. The number of hydrogen-bond acceptors (Lipinski definition) is 3. The van der Waals surface area contributed by atoms with Crippen molar-refractivity contribution in [2.24, 2.45) is 0 Å². The fourth-order valence-corrected chi connectivity index (χ4v) is 2.07. The van der Waals surface area contributed by atoms with Gasteiger partial charge in [-0.25, -0.2) is 4.98 Å². The van der Waals surface area contributed by atoms with Crippen LogP contribution in [-0.2, 0) is 6.54 Å². The van der Waals surface area contributed by atoms with Gasteiger partial charge in [0.1, 0.15) is 5.75 Å². The SMILES string of the molecule is N#Cc1ccc(Oc2c[n+](Cc3ccccc3)ccn2)cc1. The summed E-state index contributed by atoms with van der Waals surface area (Å²) in [7, 11) is 0. The van der Waals surface area contributed by atoms with Crippen LogP contribution in [0.25, 0.3) is 0 Å². The van der Waals surface area contributed by atoms with Crippen molar-refractivity contribution in [1.82, 2.24) is 4.98 Å². The minimum atomic E-state index is 0.517. The highest BCUT2D eigenvalue weighted by atomic mass is 16.5. The van der Waals surface area contributed by atoms with Crippen LogP contribution in [0.5, 0.6) is 11.6 Å². The van der Waals surface area contributed by atoms with Gasteiger partial charge in [-0.05, 0) is 24.3 Å². The van der Waals surface area contributed by atoms with E-state index in [-0.39, 0.29) is 0 Å². The molecule has 3 aromatic rings. The van der Waals surface area contributed by atoms with Crippen LogP contribution in [0.15, 0.2) is 73.2 Å². The monoisotopic (exact) mass is 288 g/mol. The summed E-state index contributed by atoms with van der Waals surface area (Å²) in [6, 6.07) is 19.2. The van der Waals surface area contributed by atoms with E-state index >= 15 is 0 Å². The summed E-state index contributed by atoms with van der Waals surface area (Å²) in [5.41, 5.74) is 1.82. The molecule has 0 radical (unpaired) electrons. The Balaban J connectivity index is 1.74. The van der Waals surface area contributed by atoms with Gasteiger partial charge in [0.05, 0.1) is 17.8 Å². The molecule has 0 saturated heterocycles. The minimum absolute atomic E-state index is 0.517. The zero-order chi connectivity index (χ0) is 15.2. The number of nitrogens with zero attached hydrogens (tertiary/aromatic N) is 3. The van der Waals surface area contributed by atoms with E-state index in [2.05, 4.69) is 23.2 Å². The maximum atomic E-state index is 8.79. The van der Waals surface area contributed by atoms with E-state index in [1.807, 2.05) is 35.2 Å². The second-order valence-corrected chi connectivity index (χ2v) is 4.79. The number of benzene rings is 2. The van der Waals surface area contributed by atoms with Gasteiger partial charge in [-0.3, -0.25) is 0 Å². The molecule has 0 aliphatic carbocycles. The topological polar surface area (TPSA) is 49.8 Å². The molecule has 0 aliphatic rings. The van der Waals surface area contributed by atoms with Gasteiger partial charge in [0.25, 0.3) is 5.88 Å². The number of aromatic nitrogens is 2. The van der Waals surface area contributed by atoms with Crippen LogP contribution in [0.1, 0.15) is 11.1 Å². The van der Waals surface area contributed by atoms with E-state index in [0.29, 0.717) is 17.2 Å². The predicted molar refractivity (Wildman–Crippen MR) is 81.2 cm³/mol. The van der Waals surface area contributed by atoms with Crippen LogP contribution in [-0.4, -0.2) is 4.98 Å². The summed E-state index contributed by atoms with van der Waals surface area (Å²) in [5, 5.41) is 8.79. The van der Waals surface area contributed by atoms with Crippen molar-refractivity contribution in [3.63, 3.8) is 0 Å². The van der Waals surface area contributed by atoms with Crippen molar-refractivity contribution < 1.29 is 9.30 Å². The summed E-state index contributed by atoms with van der Waals surface area (Å²) in [4.78, 5) is 4.21. The van der Waals surface area contributed by atoms with E-state index in [0.717, 1.165) is 6.54 Å². The van der Waals surface area contributed by atoms with E-state index in [1.165, 1.54) is 5.56 Å². The second kappa shape index (κ2) is 6.51. The zero-order valence-electron chi connectivity index (χ0n) is 11.9. The molecule has 2 aromatic carbocycles. The van der Waals surface area contributed by atoms with Gasteiger partial charge in [-0.2, -0.15) is 9.83 Å². The quantitative estimate of drug-likeness (QED) is 0.693. The lowest BCUT2D eigenvalue weighted by atomic mass is 10.2. The van der Waals surface area contributed by atoms with Crippen molar-refractivity contribution in [2.45, 2.75) is 6.54 Å². The minimum Gasteiger partial charge on any atom is -0.434 e. The Bertz CT molecular complexity index is 793. The van der Waals surface area contributed by atoms with Gasteiger partial charge in [0, 0.05) is 5.56 Å². The van der Waals surface area contributed by atoms with Crippen LogP contribution in [0.4, 0.5) is 0 Å². The van der Waals surface area contributed by atoms with Crippen molar-refractivity contribution in [2.75, 3.05) is 0 Å². The smallest absolute Gasteiger partial charge is 0.285 e. The highest BCUT2D eigenvalue weighted by Gasteiger charge is 2.07. The molecular formula is C18H14N3O+. The Labute approximate surface area is 128 Å². The highest BCUT2D eigenvalue weighted by Crippen LogP contribution is 2.18. The van der Waals surface area contributed by atoms with Crippen LogP contribution >= 0.6 is 0 Å². The Morgan fingerprint density at radius 2 is 1.82 bits per heavy atom. The predicted octanol–water partition coefficient (Wildman–Crippen LogP) is 3.08. The first-order chi connectivity index (χ1) is 10.8. The second-order valence-electron chi connectivity index (χ2n) is 4.79. The van der Waals surface area contributed by atoms with Crippen LogP contribution in [0, 0.1) is 11.3 Å². The molecular weight excluding hydrogens is 274 g/mol. The Kier molecular flexibility index (Phi) is 4.08. The Hall–Kier alpha value is -3.19. The first kappa shape index (κ1) is 13.8. The molecule has 0 atom stereocenters. The van der Waals surface area contributed by atoms with Gasteiger partial charge < -0.3 is 4.74 Å².